The molecule has 0 aliphatic rings. The van der Waals surface area contributed by atoms with Crippen LogP contribution >= 0.6 is 33.9 Å². The van der Waals surface area contributed by atoms with E-state index in [1.165, 1.54) is 36.1 Å². The molecule has 2 atom stereocenters. The fourth-order valence-electron chi connectivity index (χ4n) is 3.80. The van der Waals surface area contributed by atoms with E-state index < -0.39 is 23.2 Å². The Bertz CT molecular complexity index is 1310. The normalized spacial score (nSPS) is 13.8. The topological polar surface area (TPSA) is 85.9 Å². The summed E-state index contributed by atoms with van der Waals surface area (Å²) in [5, 5.41) is 15.8. The first-order chi connectivity index (χ1) is 17.0. The predicted molar refractivity (Wildman–Crippen MR) is 135 cm³/mol. The van der Waals surface area contributed by atoms with E-state index in [4.69, 9.17) is 19.7 Å². The molecule has 0 bridgehead atoms. The van der Waals surface area contributed by atoms with Crippen molar-refractivity contribution in [3.63, 3.8) is 0 Å². The third kappa shape index (κ3) is 5.56. The summed E-state index contributed by atoms with van der Waals surface area (Å²) in [6, 6.07) is 12.6. The first-order valence-electron chi connectivity index (χ1n) is 10.5. The van der Waals surface area contributed by atoms with Gasteiger partial charge in [0.1, 0.15) is 41.3 Å². The van der Waals surface area contributed by atoms with Crippen molar-refractivity contribution in [1.29, 1.82) is 5.26 Å². The third-order valence-corrected chi connectivity index (χ3v) is 7.10. The van der Waals surface area contributed by atoms with Crippen LogP contribution in [0.2, 0.25) is 0 Å². The van der Waals surface area contributed by atoms with Crippen LogP contribution in [0.15, 0.2) is 60.5 Å². The summed E-state index contributed by atoms with van der Waals surface area (Å²) in [5.41, 5.74) is 0.951. The number of halogens is 3. The number of aromatic nitrogens is 4. The van der Waals surface area contributed by atoms with Crippen molar-refractivity contribution in [2.24, 2.45) is 0 Å². The summed E-state index contributed by atoms with van der Waals surface area (Å²) in [5.74, 6) is -1.91. The Morgan fingerprint density at radius 3 is 2.69 bits per heavy atom. The van der Waals surface area contributed by atoms with E-state index in [2.05, 4.69) is 16.2 Å². The maximum absolute atomic E-state index is 15.2. The SMILES string of the molecule is C[C@@H](c1nc(-c2ccc(C#N)cc2)cs1)[C@@](Cn1cncn1)(OCOCI)c1ccc(F)cc1F. The molecular weight excluding hydrogens is 587 g/mol. The van der Waals surface area contributed by atoms with Gasteiger partial charge in [-0.2, -0.15) is 10.4 Å². The number of thiazole rings is 1. The van der Waals surface area contributed by atoms with Crippen molar-refractivity contribution in [3.05, 3.63) is 88.3 Å². The van der Waals surface area contributed by atoms with E-state index in [0.29, 0.717) is 15.2 Å². The lowest BCUT2D eigenvalue weighted by molar-refractivity contribution is -0.157. The summed E-state index contributed by atoms with van der Waals surface area (Å²) < 4.78 is 42.7. The van der Waals surface area contributed by atoms with Crippen molar-refractivity contribution in [1.82, 2.24) is 19.7 Å². The monoisotopic (exact) mass is 607 g/mol. The van der Waals surface area contributed by atoms with Gasteiger partial charge in [-0.25, -0.2) is 23.4 Å². The maximum Gasteiger partial charge on any atom is 0.149 e. The van der Waals surface area contributed by atoms with Gasteiger partial charge in [-0.15, -0.1) is 11.3 Å². The van der Waals surface area contributed by atoms with Crippen LogP contribution in [0, 0.1) is 23.0 Å². The molecular formula is C24H20F2IN5O2S. The molecule has 0 saturated carbocycles. The minimum atomic E-state index is -1.34. The lowest BCUT2D eigenvalue weighted by Crippen LogP contribution is -2.41. The van der Waals surface area contributed by atoms with Gasteiger partial charge in [0.2, 0.25) is 0 Å². The van der Waals surface area contributed by atoms with Crippen LogP contribution in [0.4, 0.5) is 8.78 Å². The molecule has 2 aromatic heterocycles. The van der Waals surface area contributed by atoms with Gasteiger partial charge in [-0.1, -0.05) is 47.7 Å². The van der Waals surface area contributed by atoms with Gasteiger partial charge in [0.15, 0.2) is 0 Å². The van der Waals surface area contributed by atoms with Crippen molar-refractivity contribution in [3.8, 4) is 17.3 Å². The number of rotatable bonds is 10. The number of nitriles is 1. The van der Waals surface area contributed by atoms with Gasteiger partial charge in [0.25, 0.3) is 0 Å². The summed E-state index contributed by atoms with van der Waals surface area (Å²) in [6.07, 6.45) is 2.89. The lowest BCUT2D eigenvalue weighted by atomic mass is 9.81. The van der Waals surface area contributed by atoms with E-state index in [0.717, 1.165) is 17.3 Å². The molecule has 0 fully saturated rings. The summed E-state index contributed by atoms with van der Waals surface area (Å²) in [7, 11) is 0. The number of hydrogen-bond donors (Lipinski definition) is 0. The molecule has 0 N–H and O–H groups in total. The van der Waals surface area contributed by atoms with Crippen molar-refractivity contribution < 1.29 is 18.3 Å². The summed E-state index contributed by atoms with van der Waals surface area (Å²) >= 11 is 3.45. The number of nitrogens with zero attached hydrogens (tertiary/aromatic N) is 5. The molecule has 4 aromatic rings. The molecule has 0 spiro atoms. The molecule has 0 unspecified atom stereocenters. The number of alkyl halides is 1. The van der Waals surface area contributed by atoms with E-state index in [1.807, 2.05) is 47.0 Å². The zero-order valence-electron chi connectivity index (χ0n) is 18.6. The molecule has 0 aliphatic heterocycles. The van der Waals surface area contributed by atoms with E-state index in [-0.39, 0.29) is 18.9 Å². The molecule has 11 heteroatoms. The Balaban J connectivity index is 1.79. The van der Waals surface area contributed by atoms with Crippen LogP contribution in [0.3, 0.4) is 0 Å². The van der Waals surface area contributed by atoms with E-state index >= 15 is 4.39 Å². The van der Waals surface area contributed by atoms with Gasteiger partial charge >= 0.3 is 0 Å². The summed E-state index contributed by atoms with van der Waals surface area (Å²) in [4.78, 5) is 8.80. The highest BCUT2D eigenvalue weighted by Gasteiger charge is 2.44. The minimum absolute atomic E-state index is 0.0904. The van der Waals surface area contributed by atoms with Crippen molar-refractivity contribution in [2.75, 3.05) is 11.4 Å². The minimum Gasteiger partial charge on any atom is -0.345 e. The molecule has 7 nitrogen and oxygen atoms in total. The van der Waals surface area contributed by atoms with Gasteiger partial charge in [-0.05, 0) is 18.2 Å². The molecule has 0 radical (unpaired) electrons. The smallest absolute Gasteiger partial charge is 0.149 e. The zero-order chi connectivity index (χ0) is 24.8. The fraction of sp³-hybridized carbons (Fsp3) is 0.250. The van der Waals surface area contributed by atoms with Crippen molar-refractivity contribution in [2.45, 2.75) is 25.0 Å². The largest absolute Gasteiger partial charge is 0.345 e. The average Bonchev–Trinajstić information content (AvgIpc) is 3.56. The molecule has 2 aromatic carbocycles. The maximum atomic E-state index is 15.2. The third-order valence-electron chi connectivity index (χ3n) is 5.63. The quantitative estimate of drug-likeness (QED) is 0.101. The van der Waals surface area contributed by atoms with Crippen LogP contribution in [0.5, 0.6) is 0 Å². The van der Waals surface area contributed by atoms with Gasteiger partial charge in [0.05, 0.1) is 28.9 Å². The Morgan fingerprint density at radius 1 is 1.23 bits per heavy atom. The second-order valence-electron chi connectivity index (χ2n) is 7.66. The summed E-state index contributed by atoms with van der Waals surface area (Å²) in [6.45, 7) is 1.85. The highest BCUT2D eigenvalue weighted by atomic mass is 127. The molecule has 180 valence electrons. The molecule has 0 amide bonds. The van der Waals surface area contributed by atoms with Crippen LogP contribution in [-0.2, 0) is 21.6 Å². The molecule has 2 heterocycles. The predicted octanol–water partition coefficient (Wildman–Crippen LogP) is 5.63. The Hall–Kier alpha value is -2.79. The first kappa shape index (κ1) is 25.3. The second-order valence-corrected chi connectivity index (χ2v) is 9.18. The Labute approximate surface area is 218 Å². The first-order valence-corrected chi connectivity index (χ1v) is 12.9. The van der Waals surface area contributed by atoms with Crippen LogP contribution < -0.4 is 0 Å². The van der Waals surface area contributed by atoms with Crippen LogP contribution in [-0.4, -0.2) is 31.2 Å². The average molecular weight is 607 g/mol. The zero-order valence-corrected chi connectivity index (χ0v) is 21.5. The molecule has 4 rings (SSSR count). The van der Waals surface area contributed by atoms with Gasteiger partial charge in [-0.3, -0.25) is 0 Å². The fourth-order valence-corrected chi connectivity index (χ4v) is 4.95. The lowest BCUT2D eigenvalue weighted by Gasteiger charge is -2.38. The van der Waals surface area contributed by atoms with Crippen LogP contribution in [0.25, 0.3) is 11.3 Å². The second kappa shape index (κ2) is 11.3. The number of benzene rings is 2. The van der Waals surface area contributed by atoms with Gasteiger partial charge in [0, 0.05) is 28.5 Å². The van der Waals surface area contributed by atoms with Crippen molar-refractivity contribution >= 4 is 33.9 Å². The van der Waals surface area contributed by atoms with E-state index in [9.17, 15) is 4.39 Å². The highest BCUT2D eigenvalue weighted by molar-refractivity contribution is 14.1. The van der Waals surface area contributed by atoms with Gasteiger partial charge < -0.3 is 9.47 Å². The Kier molecular flexibility index (Phi) is 8.17. The molecule has 35 heavy (non-hydrogen) atoms. The van der Waals surface area contributed by atoms with E-state index in [1.54, 1.807) is 16.8 Å². The number of hydrogen-bond acceptors (Lipinski definition) is 7. The highest BCUT2D eigenvalue weighted by Crippen LogP contribution is 2.44. The Morgan fingerprint density at radius 2 is 2.03 bits per heavy atom. The number of ether oxygens (including phenoxy) is 2. The molecule has 0 aliphatic carbocycles. The standard InChI is InChI=1S/C24H20F2IN5O2S/c1-16(23-31-22(10-35-23)18-4-2-17(9-28)3-5-18)24(34-15-33-12-27,11-32-14-29-13-30-32)20-7-6-19(25)8-21(20)26/h2-8,10,13-14,16H,11-12,15H2,1H3/t16-,24+/m0/s1. The molecule has 0 saturated heterocycles. The van der Waals surface area contributed by atoms with Crippen LogP contribution in [0.1, 0.15) is 29.0 Å².